The van der Waals surface area contributed by atoms with Crippen LogP contribution in [0.4, 0.5) is 13.2 Å². The van der Waals surface area contributed by atoms with Crippen LogP contribution in [0.5, 0.6) is 5.75 Å². The van der Waals surface area contributed by atoms with Crippen molar-refractivity contribution in [3.63, 3.8) is 0 Å². The van der Waals surface area contributed by atoms with Crippen molar-refractivity contribution in [2.24, 2.45) is 5.73 Å². The largest absolute Gasteiger partial charge is 0.488 e. The molecule has 3 aromatic carbocycles. The number of carbonyl (C=O) groups is 1. The van der Waals surface area contributed by atoms with Crippen LogP contribution in [0, 0.1) is 0 Å². The molecule has 4 rings (SSSR count). The molecule has 9 heteroatoms. The van der Waals surface area contributed by atoms with E-state index in [4.69, 9.17) is 15.6 Å². The first-order chi connectivity index (χ1) is 17.5. The molecule has 0 bridgehead atoms. The molecule has 37 heavy (non-hydrogen) atoms. The molecule has 0 fully saturated rings. The number of aliphatic carboxylic acids is 1. The molecule has 0 saturated carbocycles. The Balaban J connectivity index is 1.53. The van der Waals surface area contributed by atoms with E-state index in [0.717, 1.165) is 22.8 Å². The lowest BCUT2D eigenvalue weighted by Gasteiger charge is -2.20. The summed E-state index contributed by atoms with van der Waals surface area (Å²) in [5, 5.41) is 9.00. The third-order valence-corrected chi connectivity index (χ3v) is 5.75. The molecule has 0 aliphatic heterocycles. The maximum Gasteiger partial charge on any atom is 0.419 e. The summed E-state index contributed by atoms with van der Waals surface area (Å²) in [4.78, 5) is 19.2. The Bertz CT molecular complexity index is 1370. The van der Waals surface area contributed by atoms with Crippen LogP contribution >= 0.6 is 0 Å². The van der Waals surface area contributed by atoms with E-state index >= 15 is 0 Å². The summed E-state index contributed by atoms with van der Waals surface area (Å²) in [6.07, 6.45) is -2.41. The highest BCUT2D eigenvalue weighted by atomic mass is 19.4. The molecular weight excluding hydrogens is 483 g/mol. The molecule has 6 nitrogen and oxygen atoms in total. The van der Waals surface area contributed by atoms with Gasteiger partial charge in [-0.25, -0.2) is 9.97 Å². The summed E-state index contributed by atoms with van der Waals surface area (Å²) in [5.41, 5.74) is 7.05. The van der Waals surface area contributed by atoms with E-state index in [-0.39, 0.29) is 23.7 Å². The zero-order valence-corrected chi connectivity index (χ0v) is 19.9. The van der Waals surface area contributed by atoms with Crippen LogP contribution < -0.4 is 10.5 Å². The predicted molar refractivity (Wildman–Crippen MR) is 132 cm³/mol. The Kier molecular flexibility index (Phi) is 7.26. The Morgan fingerprint density at radius 2 is 1.49 bits per heavy atom. The lowest BCUT2D eigenvalue weighted by molar-refractivity contribution is -0.139. The van der Waals surface area contributed by atoms with Gasteiger partial charge in [-0.1, -0.05) is 60.7 Å². The van der Waals surface area contributed by atoms with Crippen LogP contribution in [0.2, 0.25) is 0 Å². The third kappa shape index (κ3) is 6.31. The van der Waals surface area contributed by atoms with E-state index in [0.29, 0.717) is 5.56 Å². The quantitative estimate of drug-likeness (QED) is 0.301. The fraction of sp³-hybridized carbons (Fsp3) is 0.179. The molecule has 1 atom stereocenters. The van der Waals surface area contributed by atoms with E-state index in [1.165, 1.54) is 31.5 Å². The zero-order valence-electron chi connectivity index (χ0n) is 19.9. The number of nitrogens with zero attached hydrogens (tertiary/aromatic N) is 2. The summed E-state index contributed by atoms with van der Waals surface area (Å²) in [6, 6.07) is 20.9. The van der Waals surface area contributed by atoms with Gasteiger partial charge in [-0.05, 0) is 41.3 Å². The van der Waals surface area contributed by atoms with Crippen molar-refractivity contribution >= 4 is 5.97 Å². The maximum absolute atomic E-state index is 13.9. The summed E-state index contributed by atoms with van der Waals surface area (Å²) in [5.74, 6) is -1.33. The SMILES string of the molecule is C[C@](N)(CC(=O)O)c1ncc(-c2ccc(OCc3ccc(-c4ccccc4)cc3)c(C(F)(F)F)c2)cn1. The molecule has 190 valence electrons. The van der Waals surface area contributed by atoms with Gasteiger partial charge in [0, 0.05) is 18.0 Å². The highest BCUT2D eigenvalue weighted by Crippen LogP contribution is 2.39. The van der Waals surface area contributed by atoms with Gasteiger partial charge >= 0.3 is 12.1 Å². The minimum absolute atomic E-state index is 0.0338. The first-order valence-corrected chi connectivity index (χ1v) is 11.3. The van der Waals surface area contributed by atoms with Crippen LogP contribution in [-0.2, 0) is 23.1 Å². The van der Waals surface area contributed by atoms with Crippen molar-refractivity contribution in [1.29, 1.82) is 0 Å². The normalized spacial score (nSPS) is 13.1. The molecule has 1 heterocycles. The predicted octanol–water partition coefficient (Wildman–Crippen LogP) is 6.06. The Morgan fingerprint density at radius 1 is 0.892 bits per heavy atom. The fourth-order valence-corrected chi connectivity index (χ4v) is 3.81. The second kappa shape index (κ2) is 10.4. The second-order valence-electron chi connectivity index (χ2n) is 8.84. The van der Waals surface area contributed by atoms with Crippen molar-refractivity contribution in [1.82, 2.24) is 9.97 Å². The van der Waals surface area contributed by atoms with Crippen LogP contribution in [0.1, 0.15) is 30.3 Å². The summed E-state index contributed by atoms with van der Waals surface area (Å²) < 4.78 is 47.2. The van der Waals surface area contributed by atoms with Gasteiger partial charge in [0.2, 0.25) is 0 Å². The average Bonchev–Trinajstić information content (AvgIpc) is 2.87. The van der Waals surface area contributed by atoms with Gasteiger partial charge in [-0.3, -0.25) is 4.79 Å². The van der Waals surface area contributed by atoms with Crippen LogP contribution in [0.25, 0.3) is 22.3 Å². The minimum atomic E-state index is -4.65. The standard InChI is InChI=1S/C28H24F3N3O3/c1-27(32,14-25(35)36)26-33-15-22(16-34-26)21-11-12-24(23(13-21)28(29,30)31)37-17-18-7-9-20(10-8-18)19-5-3-2-4-6-19/h2-13,15-16H,14,17,32H2,1H3,(H,35,36)/t27-/m0/s1. The second-order valence-corrected chi connectivity index (χ2v) is 8.84. The number of hydrogen-bond acceptors (Lipinski definition) is 5. The van der Waals surface area contributed by atoms with Crippen molar-refractivity contribution in [2.45, 2.75) is 31.7 Å². The molecule has 0 radical (unpaired) electrons. The number of carboxylic acids is 1. The molecule has 4 aromatic rings. The average molecular weight is 508 g/mol. The van der Waals surface area contributed by atoms with Crippen molar-refractivity contribution in [2.75, 3.05) is 0 Å². The molecule has 0 amide bonds. The monoisotopic (exact) mass is 507 g/mol. The summed E-state index contributed by atoms with van der Waals surface area (Å²) in [6.45, 7) is 1.44. The first-order valence-electron chi connectivity index (χ1n) is 11.3. The maximum atomic E-state index is 13.9. The Hall–Kier alpha value is -4.24. The number of ether oxygens (including phenoxy) is 1. The van der Waals surface area contributed by atoms with E-state index in [9.17, 15) is 18.0 Å². The van der Waals surface area contributed by atoms with Gasteiger partial charge in [0.25, 0.3) is 0 Å². The van der Waals surface area contributed by atoms with Gasteiger partial charge in [0.1, 0.15) is 18.2 Å². The number of rotatable bonds is 8. The van der Waals surface area contributed by atoms with E-state index in [1.54, 1.807) is 0 Å². The van der Waals surface area contributed by atoms with E-state index in [1.807, 2.05) is 54.6 Å². The molecule has 0 aliphatic carbocycles. The highest BCUT2D eigenvalue weighted by molar-refractivity contribution is 5.69. The number of nitrogens with two attached hydrogens (primary N) is 1. The first kappa shape index (κ1) is 25.8. The fourth-order valence-electron chi connectivity index (χ4n) is 3.81. The number of aromatic nitrogens is 2. The minimum Gasteiger partial charge on any atom is -0.488 e. The smallest absolute Gasteiger partial charge is 0.419 e. The van der Waals surface area contributed by atoms with E-state index in [2.05, 4.69) is 9.97 Å². The van der Waals surface area contributed by atoms with Gasteiger partial charge in [-0.15, -0.1) is 0 Å². The van der Waals surface area contributed by atoms with Gasteiger partial charge in [0.15, 0.2) is 0 Å². The number of benzene rings is 3. The molecule has 0 aliphatic rings. The number of hydrogen-bond donors (Lipinski definition) is 2. The lowest BCUT2D eigenvalue weighted by Crippen LogP contribution is -2.37. The topological polar surface area (TPSA) is 98.3 Å². The van der Waals surface area contributed by atoms with Crippen LogP contribution in [0.3, 0.4) is 0 Å². The zero-order chi connectivity index (χ0) is 26.6. The molecular formula is C28H24F3N3O3. The van der Waals surface area contributed by atoms with Crippen molar-refractivity contribution < 1.29 is 27.8 Å². The number of carboxylic acid groups (broad SMARTS) is 1. The molecule has 1 aromatic heterocycles. The molecule has 0 spiro atoms. The van der Waals surface area contributed by atoms with Gasteiger partial charge in [0.05, 0.1) is 17.5 Å². The summed E-state index contributed by atoms with van der Waals surface area (Å²) in [7, 11) is 0. The Labute approximate surface area is 211 Å². The number of halogens is 3. The number of alkyl halides is 3. The highest BCUT2D eigenvalue weighted by Gasteiger charge is 2.35. The molecule has 3 N–H and O–H groups in total. The van der Waals surface area contributed by atoms with Crippen molar-refractivity contribution in [3.8, 4) is 28.0 Å². The van der Waals surface area contributed by atoms with Crippen LogP contribution in [-0.4, -0.2) is 21.0 Å². The Morgan fingerprint density at radius 3 is 2.08 bits per heavy atom. The van der Waals surface area contributed by atoms with Crippen molar-refractivity contribution in [3.05, 3.63) is 102 Å². The van der Waals surface area contributed by atoms with Gasteiger partial charge < -0.3 is 15.6 Å². The van der Waals surface area contributed by atoms with Crippen LogP contribution in [0.15, 0.2) is 85.2 Å². The summed E-state index contributed by atoms with van der Waals surface area (Å²) >= 11 is 0. The van der Waals surface area contributed by atoms with Gasteiger partial charge in [-0.2, -0.15) is 13.2 Å². The molecule has 0 saturated heterocycles. The lowest BCUT2D eigenvalue weighted by atomic mass is 9.98. The third-order valence-electron chi connectivity index (χ3n) is 5.75. The van der Waals surface area contributed by atoms with E-state index < -0.39 is 29.7 Å². The molecule has 0 unspecified atom stereocenters.